The summed E-state index contributed by atoms with van der Waals surface area (Å²) in [5, 5.41) is 9.41. The van der Waals surface area contributed by atoms with Crippen LogP contribution in [0.4, 0.5) is 11.5 Å². The molecule has 1 fully saturated rings. The van der Waals surface area contributed by atoms with E-state index in [2.05, 4.69) is 4.98 Å². The molecule has 1 aromatic carbocycles. The lowest BCUT2D eigenvalue weighted by Crippen LogP contribution is -2.19. The Hall–Kier alpha value is -3.41. The molecule has 1 aliphatic rings. The van der Waals surface area contributed by atoms with E-state index in [0.29, 0.717) is 12.5 Å². The maximum absolute atomic E-state index is 11.5. The van der Waals surface area contributed by atoms with Crippen LogP contribution in [0.1, 0.15) is 34.5 Å². The zero-order valence-corrected chi connectivity index (χ0v) is 16.3. The summed E-state index contributed by atoms with van der Waals surface area (Å²) in [6.45, 7) is 0.527. The number of ether oxygens (including phenoxy) is 1. The molecule has 148 valence electrons. The molecule has 1 N–H and O–H groups in total. The number of hydrogen-bond donors (Lipinski definition) is 1. The predicted molar refractivity (Wildman–Crippen MR) is 111 cm³/mol. The molecule has 0 aliphatic heterocycles. The third-order valence-electron chi connectivity index (χ3n) is 5.06. The van der Waals surface area contributed by atoms with Gasteiger partial charge in [-0.05, 0) is 67.1 Å². The second-order valence-corrected chi connectivity index (χ2v) is 7.27. The third-order valence-corrected chi connectivity index (χ3v) is 5.06. The van der Waals surface area contributed by atoms with Gasteiger partial charge in [-0.3, -0.25) is 4.98 Å². The van der Waals surface area contributed by atoms with Crippen molar-refractivity contribution in [2.45, 2.75) is 25.8 Å². The van der Waals surface area contributed by atoms with Crippen LogP contribution in [-0.4, -0.2) is 28.2 Å². The fraction of sp³-hybridized carbons (Fsp3) is 0.261. The quantitative estimate of drug-likeness (QED) is 0.612. The van der Waals surface area contributed by atoms with Gasteiger partial charge in [0.15, 0.2) is 0 Å². The Bertz CT molecular complexity index is 1000. The number of nitrogens with zero attached hydrogens (tertiary/aromatic N) is 3. The van der Waals surface area contributed by atoms with Crippen molar-refractivity contribution in [1.82, 2.24) is 9.97 Å². The fourth-order valence-corrected chi connectivity index (χ4v) is 3.34. The van der Waals surface area contributed by atoms with Gasteiger partial charge in [0.05, 0.1) is 24.9 Å². The van der Waals surface area contributed by atoms with Crippen LogP contribution in [0.2, 0.25) is 0 Å². The van der Waals surface area contributed by atoms with Gasteiger partial charge >= 0.3 is 5.97 Å². The maximum atomic E-state index is 11.5. The normalized spacial score (nSPS) is 13.1. The van der Waals surface area contributed by atoms with Crippen LogP contribution in [-0.2, 0) is 13.0 Å². The third kappa shape index (κ3) is 4.54. The molecule has 2 heterocycles. The highest BCUT2D eigenvalue weighted by atomic mass is 16.5. The monoisotopic (exact) mass is 389 g/mol. The van der Waals surface area contributed by atoms with Gasteiger partial charge in [-0.1, -0.05) is 12.1 Å². The largest absolute Gasteiger partial charge is 0.495 e. The Morgan fingerprint density at radius 1 is 1.21 bits per heavy atom. The molecule has 2 aromatic heterocycles. The minimum Gasteiger partial charge on any atom is -0.495 e. The molecule has 1 aliphatic carbocycles. The average molecular weight is 389 g/mol. The molecule has 0 spiro atoms. The molecule has 0 saturated heterocycles. The number of carboxylic acid groups (broad SMARTS) is 1. The summed E-state index contributed by atoms with van der Waals surface area (Å²) in [6, 6.07) is 14.7. The van der Waals surface area contributed by atoms with Crippen molar-refractivity contribution >= 4 is 17.5 Å². The highest BCUT2D eigenvalue weighted by Gasteiger charge is 2.25. The van der Waals surface area contributed by atoms with E-state index in [9.17, 15) is 9.90 Å². The number of hydrogen-bond acceptors (Lipinski definition) is 5. The Kier molecular flexibility index (Phi) is 5.42. The summed E-state index contributed by atoms with van der Waals surface area (Å²) < 4.78 is 5.51. The van der Waals surface area contributed by atoms with Gasteiger partial charge in [-0.15, -0.1) is 0 Å². The van der Waals surface area contributed by atoms with E-state index in [1.165, 1.54) is 12.8 Å². The van der Waals surface area contributed by atoms with Crippen molar-refractivity contribution in [2.75, 3.05) is 12.0 Å². The van der Waals surface area contributed by atoms with Crippen molar-refractivity contribution in [1.29, 1.82) is 0 Å². The zero-order valence-electron chi connectivity index (χ0n) is 16.3. The van der Waals surface area contributed by atoms with Gasteiger partial charge in [-0.25, -0.2) is 9.78 Å². The van der Waals surface area contributed by atoms with Gasteiger partial charge < -0.3 is 14.7 Å². The SMILES string of the molecule is COc1ccc(N(Cc2cccnc2)c2cccc(C(=O)O)c2)nc1CC1CC1. The number of methoxy groups -OCH3 is 1. The topological polar surface area (TPSA) is 75.5 Å². The number of carbonyl (C=O) groups is 1. The maximum Gasteiger partial charge on any atom is 0.335 e. The Balaban J connectivity index is 1.75. The van der Waals surface area contributed by atoms with E-state index in [4.69, 9.17) is 9.72 Å². The first-order valence-electron chi connectivity index (χ1n) is 9.68. The molecule has 4 rings (SSSR count). The first-order valence-corrected chi connectivity index (χ1v) is 9.68. The van der Waals surface area contributed by atoms with Crippen molar-refractivity contribution < 1.29 is 14.6 Å². The Labute approximate surface area is 169 Å². The standard InChI is InChI=1S/C23H23N3O3/c1-29-21-9-10-22(25-20(21)12-16-7-8-16)26(15-17-4-3-11-24-14-17)19-6-2-5-18(13-19)23(27)28/h2-6,9-11,13-14,16H,7-8,12,15H2,1H3,(H,27,28). The lowest BCUT2D eigenvalue weighted by atomic mass is 10.1. The minimum atomic E-state index is -0.953. The molecule has 6 nitrogen and oxygen atoms in total. The molecular weight excluding hydrogens is 366 g/mol. The Morgan fingerprint density at radius 2 is 2.07 bits per heavy atom. The van der Waals surface area contributed by atoms with E-state index in [1.54, 1.807) is 31.5 Å². The molecule has 0 unspecified atom stereocenters. The number of carboxylic acids is 1. The minimum absolute atomic E-state index is 0.241. The summed E-state index contributed by atoms with van der Waals surface area (Å²) in [4.78, 5) is 22.6. The van der Waals surface area contributed by atoms with Crippen molar-refractivity contribution in [3.8, 4) is 5.75 Å². The van der Waals surface area contributed by atoms with Crippen LogP contribution in [0.5, 0.6) is 5.75 Å². The second-order valence-electron chi connectivity index (χ2n) is 7.27. The van der Waals surface area contributed by atoms with E-state index in [1.807, 2.05) is 41.4 Å². The molecule has 0 radical (unpaired) electrons. The number of anilines is 2. The van der Waals surface area contributed by atoms with Crippen LogP contribution < -0.4 is 9.64 Å². The molecule has 0 bridgehead atoms. The zero-order chi connectivity index (χ0) is 20.2. The number of benzene rings is 1. The van der Waals surface area contributed by atoms with E-state index in [0.717, 1.165) is 34.9 Å². The van der Waals surface area contributed by atoms with Crippen LogP contribution in [0, 0.1) is 5.92 Å². The number of aromatic nitrogens is 2. The van der Waals surface area contributed by atoms with Gasteiger partial charge in [0, 0.05) is 18.1 Å². The molecule has 0 atom stereocenters. The highest BCUT2D eigenvalue weighted by molar-refractivity contribution is 5.89. The molecule has 0 amide bonds. The van der Waals surface area contributed by atoms with Gasteiger partial charge in [0.25, 0.3) is 0 Å². The lowest BCUT2D eigenvalue weighted by molar-refractivity contribution is 0.0697. The molecule has 3 aromatic rings. The van der Waals surface area contributed by atoms with Gasteiger partial charge in [-0.2, -0.15) is 0 Å². The van der Waals surface area contributed by atoms with E-state index < -0.39 is 5.97 Å². The summed E-state index contributed by atoms with van der Waals surface area (Å²) in [6.07, 6.45) is 6.90. The first kappa shape index (κ1) is 18.9. The molecule has 29 heavy (non-hydrogen) atoms. The molecular formula is C23H23N3O3. The van der Waals surface area contributed by atoms with E-state index in [-0.39, 0.29) is 5.56 Å². The fourth-order valence-electron chi connectivity index (χ4n) is 3.34. The van der Waals surface area contributed by atoms with Crippen LogP contribution in [0.15, 0.2) is 60.9 Å². The van der Waals surface area contributed by atoms with Crippen LogP contribution in [0.25, 0.3) is 0 Å². The van der Waals surface area contributed by atoms with Crippen LogP contribution >= 0.6 is 0 Å². The number of rotatable bonds is 8. The van der Waals surface area contributed by atoms with Gasteiger partial charge in [0.2, 0.25) is 0 Å². The first-order chi connectivity index (χ1) is 14.1. The van der Waals surface area contributed by atoms with Gasteiger partial charge in [0.1, 0.15) is 11.6 Å². The summed E-state index contributed by atoms with van der Waals surface area (Å²) in [5.74, 6) is 1.27. The molecule has 1 saturated carbocycles. The summed E-state index contributed by atoms with van der Waals surface area (Å²) >= 11 is 0. The highest BCUT2D eigenvalue weighted by Crippen LogP contribution is 2.36. The second kappa shape index (κ2) is 8.31. The summed E-state index contributed by atoms with van der Waals surface area (Å²) in [7, 11) is 1.66. The van der Waals surface area contributed by atoms with Crippen molar-refractivity contribution in [3.05, 3.63) is 77.7 Å². The average Bonchev–Trinajstić information content (AvgIpc) is 3.57. The number of pyridine rings is 2. The molecule has 6 heteroatoms. The van der Waals surface area contributed by atoms with Crippen LogP contribution in [0.3, 0.4) is 0 Å². The number of aromatic carboxylic acids is 1. The van der Waals surface area contributed by atoms with Crippen molar-refractivity contribution in [3.63, 3.8) is 0 Å². The predicted octanol–water partition coefficient (Wildman–Crippen LogP) is 4.47. The summed E-state index contributed by atoms with van der Waals surface area (Å²) in [5.41, 5.74) is 2.96. The van der Waals surface area contributed by atoms with Crippen molar-refractivity contribution in [2.24, 2.45) is 5.92 Å². The lowest BCUT2D eigenvalue weighted by Gasteiger charge is -2.25. The smallest absolute Gasteiger partial charge is 0.335 e. The Morgan fingerprint density at radius 3 is 2.76 bits per heavy atom. The van der Waals surface area contributed by atoms with E-state index >= 15 is 0 Å².